The van der Waals surface area contributed by atoms with Crippen LogP contribution in [0.3, 0.4) is 0 Å². The van der Waals surface area contributed by atoms with Gasteiger partial charge in [0, 0.05) is 4.53 Å². The summed E-state index contributed by atoms with van der Waals surface area (Å²) in [5.74, 6) is 0.184. The van der Waals surface area contributed by atoms with E-state index < -0.39 is 0 Å². The van der Waals surface area contributed by atoms with Crippen molar-refractivity contribution in [3.63, 3.8) is 0 Å². The van der Waals surface area contributed by atoms with E-state index in [1.807, 2.05) is 0 Å². The van der Waals surface area contributed by atoms with E-state index in [4.69, 9.17) is 5.11 Å². The van der Waals surface area contributed by atoms with Crippen molar-refractivity contribution in [1.82, 2.24) is 0 Å². The Morgan fingerprint density at radius 2 is 1.78 bits per heavy atom. The summed E-state index contributed by atoms with van der Waals surface area (Å²) in [7, 11) is 0. The van der Waals surface area contributed by atoms with Crippen molar-refractivity contribution in [2.45, 2.75) is 0 Å². The van der Waals surface area contributed by atoms with Crippen LogP contribution in [0.15, 0.2) is 24.3 Å². The van der Waals surface area contributed by atoms with Gasteiger partial charge in [0.1, 0.15) is 5.75 Å². The van der Waals surface area contributed by atoms with Gasteiger partial charge in [-0.3, -0.25) is 4.94 Å². The second kappa shape index (κ2) is 2.35. The number of phenolic OH excluding ortho intramolecular Hbond substituents is 1. The molecule has 0 atom stereocenters. The summed E-state index contributed by atoms with van der Waals surface area (Å²) >= 11 is 0. The molecule has 0 saturated heterocycles. The minimum atomic E-state index is 0.0906. The van der Waals surface area contributed by atoms with Gasteiger partial charge < -0.3 is 5.11 Å². The van der Waals surface area contributed by atoms with E-state index in [9.17, 15) is 4.53 Å². The molecular formula is C6H5FO2. The highest BCUT2D eigenvalue weighted by Gasteiger charge is 1.90. The largest absolute Gasteiger partial charge is 0.508 e. The average Bonchev–Trinajstić information content (AvgIpc) is 1.90. The quantitative estimate of drug-likeness (QED) is 0.623. The van der Waals surface area contributed by atoms with Gasteiger partial charge in [0.15, 0.2) is 5.75 Å². The van der Waals surface area contributed by atoms with Crippen LogP contribution in [-0.4, -0.2) is 5.11 Å². The van der Waals surface area contributed by atoms with E-state index in [2.05, 4.69) is 4.94 Å². The molecule has 0 bridgehead atoms. The lowest BCUT2D eigenvalue weighted by Crippen LogP contribution is -1.72. The second-order valence-corrected chi connectivity index (χ2v) is 1.57. The van der Waals surface area contributed by atoms with Gasteiger partial charge in [-0.2, -0.15) is 0 Å². The van der Waals surface area contributed by atoms with Gasteiger partial charge in [-0.15, -0.1) is 0 Å². The highest BCUT2D eigenvalue weighted by atomic mass is 19.3. The van der Waals surface area contributed by atoms with Crippen LogP contribution < -0.4 is 4.94 Å². The Balaban J connectivity index is 2.88. The second-order valence-electron chi connectivity index (χ2n) is 1.57. The Kier molecular flexibility index (Phi) is 1.53. The standard InChI is InChI=1S/C6H5FO2/c7-9-6-3-1-5(8)2-4-6/h1-4,8H. The maximum atomic E-state index is 11.3. The maximum absolute atomic E-state index is 11.3. The molecule has 0 aliphatic heterocycles. The van der Waals surface area contributed by atoms with Crippen LogP contribution in [0.25, 0.3) is 0 Å². The van der Waals surface area contributed by atoms with E-state index in [0.29, 0.717) is 0 Å². The summed E-state index contributed by atoms with van der Waals surface area (Å²) in [4.78, 5) is 3.36. The Morgan fingerprint density at radius 1 is 1.22 bits per heavy atom. The summed E-state index contributed by atoms with van der Waals surface area (Å²) in [6.07, 6.45) is 0. The number of aromatic hydroxyl groups is 1. The summed E-state index contributed by atoms with van der Waals surface area (Å²) in [5, 5.41) is 8.67. The van der Waals surface area contributed by atoms with Crippen molar-refractivity contribution in [3.05, 3.63) is 24.3 Å². The molecule has 0 saturated carbocycles. The van der Waals surface area contributed by atoms with Crippen LogP contribution in [0.2, 0.25) is 0 Å². The maximum Gasteiger partial charge on any atom is 0.172 e. The van der Waals surface area contributed by atoms with Gasteiger partial charge in [0.05, 0.1) is 0 Å². The molecule has 1 rings (SSSR count). The normalized spacial score (nSPS) is 9.00. The third-order valence-corrected chi connectivity index (χ3v) is 0.926. The third-order valence-electron chi connectivity index (χ3n) is 0.926. The van der Waals surface area contributed by atoms with Gasteiger partial charge in [-0.1, -0.05) is 0 Å². The number of rotatable bonds is 1. The molecule has 0 heterocycles. The van der Waals surface area contributed by atoms with E-state index in [1.54, 1.807) is 0 Å². The van der Waals surface area contributed by atoms with Gasteiger partial charge in [-0.05, 0) is 24.3 Å². The lowest BCUT2D eigenvalue weighted by molar-refractivity contribution is -0.00624. The molecule has 1 aromatic rings. The lowest BCUT2D eigenvalue weighted by atomic mass is 10.3. The monoisotopic (exact) mass is 128 g/mol. The molecule has 1 aromatic carbocycles. The van der Waals surface area contributed by atoms with Gasteiger partial charge >= 0.3 is 0 Å². The van der Waals surface area contributed by atoms with Crippen LogP contribution in [0.4, 0.5) is 4.53 Å². The van der Waals surface area contributed by atoms with Crippen molar-refractivity contribution in [2.75, 3.05) is 0 Å². The summed E-state index contributed by atoms with van der Waals surface area (Å²) in [6, 6.07) is 5.34. The van der Waals surface area contributed by atoms with Crippen molar-refractivity contribution >= 4 is 0 Å². The molecule has 0 aromatic heterocycles. The Morgan fingerprint density at radius 3 is 2.22 bits per heavy atom. The number of hydrogen-bond acceptors (Lipinski definition) is 2. The SMILES string of the molecule is Oc1ccc(OF)cc1. The van der Waals surface area contributed by atoms with Crippen molar-refractivity contribution < 1.29 is 14.6 Å². The summed E-state index contributed by atoms with van der Waals surface area (Å²) < 4.78 is 11.3. The zero-order chi connectivity index (χ0) is 6.69. The third kappa shape index (κ3) is 1.32. The minimum absolute atomic E-state index is 0.0906. The first-order valence-corrected chi connectivity index (χ1v) is 2.40. The van der Waals surface area contributed by atoms with Crippen molar-refractivity contribution in [3.8, 4) is 11.5 Å². The molecule has 48 valence electrons. The van der Waals surface area contributed by atoms with E-state index in [-0.39, 0.29) is 11.5 Å². The van der Waals surface area contributed by atoms with Crippen LogP contribution in [0, 0.1) is 0 Å². The van der Waals surface area contributed by atoms with Crippen LogP contribution in [0.1, 0.15) is 0 Å². The first-order chi connectivity index (χ1) is 4.33. The zero-order valence-corrected chi connectivity index (χ0v) is 4.54. The van der Waals surface area contributed by atoms with Crippen molar-refractivity contribution in [2.24, 2.45) is 0 Å². The summed E-state index contributed by atoms with van der Waals surface area (Å²) in [6.45, 7) is 0. The molecule has 0 amide bonds. The van der Waals surface area contributed by atoms with E-state index in [1.165, 1.54) is 24.3 Å². The molecule has 0 aliphatic rings. The Hall–Kier alpha value is -1.25. The summed E-state index contributed by atoms with van der Waals surface area (Å²) in [5.41, 5.74) is 0. The molecule has 1 N–H and O–H groups in total. The average molecular weight is 128 g/mol. The van der Waals surface area contributed by atoms with Crippen LogP contribution >= 0.6 is 0 Å². The Labute approximate surface area is 51.4 Å². The fourth-order valence-corrected chi connectivity index (χ4v) is 0.498. The predicted molar refractivity (Wildman–Crippen MR) is 29.8 cm³/mol. The first kappa shape index (κ1) is 5.88. The minimum Gasteiger partial charge on any atom is -0.508 e. The Bertz CT molecular complexity index is 183. The molecule has 0 aliphatic carbocycles. The number of benzene rings is 1. The van der Waals surface area contributed by atoms with Crippen LogP contribution in [-0.2, 0) is 0 Å². The molecule has 0 radical (unpaired) electrons. The zero-order valence-electron chi connectivity index (χ0n) is 4.54. The first-order valence-electron chi connectivity index (χ1n) is 2.40. The highest BCUT2D eigenvalue weighted by molar-refractivity contribution is 5.29. The molecule has 0 spiro atoms. The predicted octanol–water partition coefficient (Wildman–Crippen LogP) is 1.66. The fourth-order valence-electron chi connectivity index (χ4n) is 0.498. The molecule has 9 heavy (non-hydrogen) atoms. The number of phenols is 1. The number of halogens is 1. The lowest BCUT2D eigenvalue weighted by Gasteiger charge is -1.91. The van der Waals surface area contributed by atoms with Crippen molar-refractivity contribution in [1.29, 1.82) is 0 Å². The van der Waals surface area contributed by atoms with Gasteiger partial charge in [-0.25, -0.2) is 0 Å². The van der Waals surface area contributed by atoms with E-state index >= 15 is 0 Å². The van der Waals surface area contributed by atoms with Gasteiger partial charge in [0.2, 0.25) is 0 Å². The number of hydrogen-bond donors (Lipinski definition) is 1. The van der Waals surface area contributed by atoms with Gasteiger partial charge in [0.25, 0.3) is 0 Å². The highest BCUT2D eigenvalue weighted by Crippen LogP contribution is 2.15. The smallest absolute Gasteiger partial charge is 0.172 e. The fraction of sp³-hybridized carbons (Fsp3) is 0. The van der Waals surface area contributed by atoms with Crippen LogP contribution in [0.5, 0.6) is 11.5 Å². The van der Waals surface area contributed by atoms with E-state index in [0.717, 1.165) is 0 Å². The molecule has 2 nitrogen and oxygen atoms in total. The molecule has 0 fully saturated rings. The molecule has 3 heteroatoms. The molecular weight excluding hydrogens is 123 g/mol. The molecule has 0 unspecified atom stereocenters. The topological polar surface area (TPSA) is 29.5 Å².